The fourth-order valence-electron chi connectivity index (χ4n) is 6.55. The van der Waals surface area contributed by atoms with Crippen LogP contribution in [0.25, 0.3) is 0 Å². The van der Waals surface area contributed by atoms with Gasteiger partial charge in [-0.15, -0.1) is 0 Å². The first-order chi connectivity index (χ1) is 23.5. The first kappa shape index (κ1) is 34.1. The fraction of sp³-hybridized carbons (Fsp3) is 0.306. The standard InChI is InChI=1S/C36H37ClN4O7S/c1-24(2)48-31-10-6-5-9-28(31)36(22-34(42)40-18-16-39(17-19-40)26-8-7-15-38-23-26)29-20-25(37)11-13-30(29)41(35(36)43)49(44,45)33-14-12-27(46-3)21-32(33)47-4/h5-15,20-21,23-24H,16-19,22H2,1-4H3. The Morgan fingerprint density at radius 2 is 1.67 bits per heavy atom. The highest BCUT2D eigenvalue weighted by atomic mass is 35.5. The number of sulfonamides is 1. The predicted octanol–water partition coefficient (Wildman–Crippen LogP) is 5.30. The molecule has 256 valence electrons. The summed E-state index contributed by atoms with van der Waals surface area (Å²) in [5.41, 5.74) is -0.131. The number of hydrogen-bond donors (Lipinski definition) is 0. The van der Waals surface area contributed by atoms with Gasteiger partial charge in [-0.2, -0.15) is 0 Å². The number of methoxy groups -OCH3 is 2. The Morgan fingerprint density at radius 3 is 2.35 bits per heavy atom. The summed E-state index contributed by atoms with van der Waals surface area (Å²) in [6.07, 6.45) is 2.84. The van der Waals surface area contributed by atoms with Crippen molar-refractivity contribution in [1.82, 2.24) is 9.88 Å². The molecule has 49 heavy (non-hydrogen) atoms. The summed E-state index contributed by atoms with van der Waals surface area (Å²) in [7, 11) is -1.82. The van der Waals surface area contributed by atoms with Gasteiger partial charge in [-0.05, 0) is 67.9 Å². The third kappa shape index (κ3) is 6.15. The van der Waals surface area contributed by atoms with Gasteiger partial charge < -0.3 is 24.0 Å². The molecular formula is C36H37ClN4O7S. The molecule has 3 heterocycles. The normalized spacial score (nSPS) is 17.7. The maximum Gasteiger partial charge on any atom is 0.274 e. The Hall–Kier alpha value is -4.81. The summed E-state index contributed by atoms with van der Waals surface area (Å²) in [6, 6.07) is 19.6. The number of amides is 2. The van der Waals surface area contributed by atoms with Crippen LogP contribution in [0.2, 0.25) is 5.02 Å². The van der Waals surface area contributed by atoms with Crippen molar-refractivity contribution >= 4 is 44.8 Å². The lowest BCUT2D eigenvalue weighted by Gasteiger charge is -2.38. The van der Waals surface area contributed by atoms with Crippen LogP contribution in [0.15, 0.2) is 90.1 Å². The van der Waals surface area contributed by atoms with Crippen LogP contribution in [0.4, 0.5) is 11.4 Å². The first-order valence-electron chi connectivity index (χ1n) is 15.8. The molecule has 1 atom stereocenters. The molecule has 2 aliphatic heterocycles. The van der Waals surface area contributed by atoms with Crippen LogP contribution in [0.1, 0.15) is 31.4 Å². The molecule has 4 aromatic rings. The number of hydrogen-bond acceptors (Lipinski definition) is 9. The molecule has 0 radical (unpaired) electrons. The number of pyridine rings is 1. The summed E-state index contributed by atoms with van der Waals surface area (Å²) in [5, 5.41) is 0.275. The monoisotopic (exact) mass is 704 g/mol. The zero-order valence-corrected chi connectivity index (χ0v) is 29.2. The summed E-state index contributed by atoms with van der Waals surface area (Å²) in [4.78, 5) is 37.5. The Morgan fingerprint density at radius 1 is 0.918 bits per heavy atom. The predicted molar refractivity (Wildman–Crippen MR) is 186 cm³/mol. The number of anilines is 2. The molecule has 6 rings (SSSR count). The first-order valence-corrected chi connectivity index (χ1v) is 17.6. The molecule has 13 heteroatoms. The molecule has 1 fully saturated rings. The molecule has 0 N–H and O–H groups in total. The van der Waals surface area contributed by atoms with Crippen molar-refractivity contribution in [2.45, 2.75) is 36.7 Å². The van der Waals surface area contributed by atoms with Gasteiger partial charge in [0.05, 0.1) is 37.9 Å². The molecule has 1 unspecified atom stereocenters. The van der Waals surface area contributed by atoms with Gasteiger partial charge in [-0.25, -0.2) is 12.7 Å². The van der Waals surface area contributed by atoms with Crippen LogP contribution in [-0.2, 0) is 25.0 Å². The number of fused-ring (bicyclic) bond motifs is 1. The van der Waals surface area contributed by atoms with Crippen LogP contribution < -0.4 is 23.4 Å². The summed E-state index contributed by atoms with van der Waals surface area (Å²) in [5.74, 6) is -0.423. The number of para-hydroxylation sites is 1. The lowest BCUT2D eigenvalue weighted by Crippen LogP contribution is -2.52. The van der Waals surface area contributed by atoms with Crippen LogP contribution >= 0.6 is 11.6 Å². The highest BCUT2D eigenvalue weighted by Crippen LogP contribution is 2.54. The Kier molecular flexibility index (Phi) is 9.45. The number of halogens is 1. The van der Waals surface area contributed by atoms with Crippen molar-refractivity contribution in [1.29, 1.82) is 0 Å². The molecule has 0 bridgehead atoms. The summed E-state index contributed by atoms with van der Waals surface area (Å²) < 4.78 is 47.0. The van der Waals surface area contributed by atoms with Crippen LogP contribution in [0.3, 0.4) is 0 Å². The van der Waals surface area contributed by atoms with Crippen molar-refractivity contribution in [3.05, 3.63) is 101 Å². The van der Waals surface area contributed by atoms with Gasteiger partial charge in [-0.3, -0.25) is 14.6 Å². The van der Waals surface area contributed by atoms with Crippen LogP contribution in [-0.4, -0.2) is 76.6 Å². The number of nitrogens with zero attached hydrogens (tertiary/aromatic N) is 4. The minimum Gasteiger partial charge on any atom is -0.497 e. The number of carbonyl (C=O) groups excluding carboxylic acids is 2. The van der Waals surface area contributed by atoms with Crippen molar-refractivity contribution < 1.29 is 32.2 Å². The van der Waals surface area contributed by atoms with E-state index in [1.54, 1.807) is 47.6 Å². The largest absolute Gasteiger partial charge is 0.497 e. The zero-order chi connectivity index (χ0) is 34.9. The molecule has 2 amide bonds. The van der Waals surface area contributed by atoms with Gasteiger partial charge in [0.25, 0.3) is 15.9 Å². The number of benzene rings is 3. The Labute approximate surface area is 291 Å². The Bertz CT molecular complexity index is 1980. The van der Waals surface area contributed by atoms with E-state index < -0.39 is 21.3 Å². The highest BCUT2D eigenvalue weighted by Gasteiger charge is 2.58. The van der Waals surface area contributed by atoms with Gasteiger partial charge >= 0.3 is 0 Å². The van der Waals surface area contributed by atoms with Crippen molar-refractivity contribution in [3.63, 3.8) is 0 Å². The molecule has 11 nitrogen and oxygen atoms in total. The van der Waals surface area contributed by atoms with Crippen molar-refractivity contribution in [2.75, 3.05) is 49.6 Å². The van der Waals surface area contributed by atoms with E-state index >= 15 is 4.79 Å². The second kappa shape index (κ2) is 13.6. The van der Waals surface area contributed by atoms with E-state index in [0.29, 0.717) is 43.2 Å². The second-order valence-corrected chi connectivity index (χ2v) is 14.3. The highest BCUT2D eigenvalue weighted by molar-refractivity contribution is 7.93. The quantitative estimate of drug-likeness (QED) is 0.217. The third-order valence-electron chi connectivity index (χ3n) is 8.85. The molecule has 0 aliphatic carbocycles. The average Bonchev–Trinajstić information content (AvgIpc) is 3.35. The molecule has 0 saturated carbocycles. The third-order valence-corrected chi connectivity index (χ3v) is 10.8. The summed E-state index contributed by atoms with van der Waals surface area (Å²) in [6.45, 7) is 5.62. The summed E-state index contributed by atoms with van der Waals surface area (Å²) >= 11 is 6.58. The maximum absolute atomic E-state index is 15.2. The van der Waals surface area contributed by atoms with E-state index in [1.165, 1.54) is 44.6 Å². The number of rotatable bonds is 10. The maximum atomic E-state index is 15.2. The van der Waals surface area contributed by atoms with E-state index in [9.17, 15) is 13.2 Å². The van der Waals surface area contributed by atoms with Gasteiger partial charge in [0.1, 0.15) is 27.6 Å². The average molecular weight is 705 g/mol. The molecular weight excluding hydrogens is 668 g/mol. The van der Waals surface area contributed by atoms with Gasteiger partial charge in [0, 0.05) is 55.4 Å². The minimum atomic E-state index is -4.61. The van der Waals surface area contributed by atoms with Crippen molar-refractivity contribution in [3.8, 4) is 17.2 Å². The molecule has 1 aromatic heterocycles. The van der Waals surface area contributed by atoms with Gasteiger partial charge in [-0.1, -0.05) is 29.8 Å². The number of aromatic nitrogens is 1. The number of ether oxygens (including phenoxy) is 3. The molecule has 0 spiro atoms. The van der Waals surface area contributed by atoms with Gasteiger partial charge in [0.2, 0.25) is 5.91 Å². The topological polar surface area (TPSA) is 119 Å². The molecule has 3 aromatic carbocycles. The smallest absolute Gasteiger partial charge is 0.274 e. The fourth-order valence-corrected chi connectivity index (χ4v) is 8.34. The van der Waals surface area contributed by atoms with E-state index in [1.807, 2.05) is 26.0 Å². The van der Waals surface area contributed by atoms with E-state index in [0.717, 1.165) is 9.99 Å². The van der Waals surface area contributed by atoms with Gasteiger partial charge in [0.15, 0.2) is 0 Å². The minimum absolute atomic E-state index is 0.00809. The SMILES string of the molecule is COc1ccc(S(=O)(=O)N2C(=O)C(CC(=O)N3CCN(c4cccnc4)CC3)(c3ccccc3OC(C)C)c3cc(Cl)ccc32)c(OC)c1. The zero-order valence-electron chi connectivity index (χ0n) is 27.6. The number of carbonyl (C=O) groups is 2. The Balaban J connectivity index is 1.48. The van der Waals surface area contributed by atoms with E-state index in [4.69, 9.17) is 25.8 Å². The lowest BCUT2D eigenvalue weighted by atomic mass is 9.72. The van der Waals surface area contributed by atoms with Crippen molar-refractivity contribution in [2.24, 2.45) is 0 Å². The van der Waals surface area contributed by atoms with Crippen LogP contribution in [0, 0.1) is 0 Å². The van der Waals surface area contributed by atoms with E-state index in [2.05, 4.69) is 9.88 Å². The van der Waals surface area contributed by atoms with E-state index in [-0.39, 0.29) is 45.4 Å². The molecule has 2 aliphatic rings. The van der Waals surface area contributed by atoms with Crippen LogP contribution in [0.5, 0.6) is 17.2 Å². The molecule has 1 saturated heterocycles. The number of piperazine rings is 1. The second-order valence-electron chi connectivity index (χ2n) is 12.1. The lowest BCUT2D eigenvalue weighted by molar-refractivity contribution is -0.135.